The van der Waals surface area contributed by atoms with Crippen molar-refractivity contribution in [3.8, 4) is 5.75 Å². The van der Waals surface area contributed by atoms with Crippen LogP contribution in [0.2, 0.25) is 0 Å². The van der Waals surface area contributed by atoms with Crippen molar-refractivity contribution in [2.75, 3.05) is 12.5 Å². The second-order valence-electron chi connectivity index (χ2n) is 3.35. The first-order valence-electron chi connectivity index (χ1n) is 4.70. The first-order valence-corrected chi connectivity index (χ1v) is 5.23. The Morgan fingerprint density at radius 2 is 2.21 bits per heavy atom. The zero-order valence-electron chi connectivity index (χ0n) is 8.59. The van der Waals surface area contributed by atoms with E-state index in [9.17, 15) is 0 Å². The van der Waals surface area contributed by atoms with Gasteiger partial charge in [-0.1, -0.05) is 12.1 Å². The van der Waals surface area contributed by atoms with Gasteiger partial charge in [0.1, 0.15) is 12.4 Å². The van der Waals surface area contributed by atoms with E-state index in [4.69, 9.17) is 22.1 Å². The molecule has 0 spiro atoms. The quantitative estimate of drug-likeness (QED) is 0.781. The maximum absolute atomic E-state index is 5.77. The molecule has 0 fully saturated rings. The van der Waals surface area contributed by atoms with Gasteiger partial charge in [0.2, 0.25) is 0 Å². The largest absolute Gasteiger partial charge is 0.492 e. The minimum atomic E-state index is 0.0655. The molecule has 0 heterocycles. The molecule has 0 saturated heterocycles. The van der Waals surface area contributed by atoms with Crippen LogP contribution in [0, 0.1) is 6.92 Å². The van der Waals surface area contributed by atoms with Crippen molar-refractivity contribution in [2.24, 2.45) is 5.73 Å². The Bertz CT molecular complexity index is 299. The highest BCUT2D eigenvalue weighted by molar-refractivity contribution is 6.18. The molecule has 3 heteroatoms. The molecule has 1 aromatic carbocycles. The van der Waals surface area contributed by atoms with Crippen LogP contribution in [0.5, 0.6) is 5.75 Å². The zero-order chi connectivity index (χ0) is 10.6. The Balaban J connectivity index is 2.79. The fourth-order valence-electron chi connectivity index (χ4n) is 1.27. The molecule has 0 aliphatic carbocycles. The summed E-state index contributed by atoms with van der Waals surface area (Å²) in [4.78, 5) is 0. The summed E-state index contributed by atoms with van der Waals surface area (Å²) in [5.74, 6) is 1.39. The van der Waals surface area contributed by atoms with E-state index in [1.807, 2.05) is 32.0 Å². The third kappa shape index (κ3) is 2.89. The summed E-state index contributed by atoms with van der Waals surface area (Å²) in [5, 5.41) is 0. The van der Waals surface area contributed by atoms with Crippen LogP contribution in [0.25, 0.3) is 0 Å². The highest BCUT2D eigenvalue weighted by Crippen LogP contribution is 2.21. The lowest BCUT2D eigenvalue weighted by molar-refractivity contribution is 0.340. The molecular weight excluding hydrogens is 198 g/mol. The summed E-state index contributed by atoms with van der Waals surface area (Å²) < 4.78 is 5.45. The van der Waals surface area contributed by atoms with Gasteiger partial charge in [0.15, 0.2) is 0 Å². The molecule has 78 valence electrons. The van der Waals surface area contributed by atoms with Crippen molar-refractivity contribution < 1.29 is 4.74 Å². The minimum absolute atomic E-state index is 0.0655. The van der Waals surface area contributed by atoms with E-state index in [0.29, 0.717) is 12.5 Å². The standard InChI is InChI=1S/C11H16ClNO/c1-8-7-10(9(2)13)3-4-11(8)14-6-5-12/h3-4,7,9H,5-6,13H2,1-2H3. The predicted octanol–water partition coefficient (Wildman–Crippen LogP) is 2.63. The van der Waals surface area contributed by atoms with Crippen LogP contribution in [0.4, 0.5) is 0 Å². The third-order valence-corrected chi connectivity index (χ3v) is 2.21. The van der Waals surface area contributed by atoms with E-state index >= 15 is 0 Å². The average molecular weight is 214 g/mol. The topological polar surface area (TPSA) is 35.2 Å². The fourth-order valence-corrected chi connectivity index (χ4v) is 1.34. The lowest BCUT2D eigenvalue weighted by Crippen LogP contribution is -2.06. The van der Waals surface area contributed by atoms with Crippen molar-refractivity contribution in [2.45, 2.75) is 19.9 Å². The van der Waals surface area contributed by atoms with Gasteiger partial charge in [-0.15, -0.1) is 11.6 Å². The lowest BCUT2D eigenvalue weighted by Gasteiger charge is -2.11. The van der Waals surface area contributed by atoms with Gasteiger partial charge in [-0.3, -0.25) is 0 Å². The van der Waals surface area contributed by atoms with Gasteiger partial charge in [-0.25, -0.2) is 0 Å². The summed E-state index contributed by atoms with van der Waals surface area (Å²) in [5.41, 5.74) is 8.00. The number of hydrogen-bond acceptors (Lipinski definition) is 2. The van der Waals surface area contributed by atoms with Gasteiger partial charge in [-0.05, 0) is 31.0 Å². The first-order chi connectivity index (χ1) is 6.65. The van der Waals surface area contributed by atoms with Gasteiger partial charge < -0.3 is 10.5 Å². The highest BCUT2D eigenvalue weighted by Gasteiger charge is 2.03. The molecule has 2 N–H and O–H groups in total. The van der Waals surface area contributed by atoms with Crippen LogP contribution in [0.15, 0.2) is 18.2 Å². The number of hydrogen-bond donors (Lipinski definition) is 1. The maximum Gasteiger partial charge on any atom is 0.122 e. The van der Waals surface area contributed by atoms with Gasteiger partial charge in [-0.2, -0.15) is 0 Å². The van der Waals surface area contributed by atoms with E-state index < -0.39 is 0 Å². The van der Waals surface area contributed by atoms with E-state index in [0.717, 1.165) is 16.9 Å². The second kappa shape index (κ2) is 5.23. The molecule has 2 nitrogen and oxygen atoms in total. The first kappa shape index (κ1) is 11.3. The van der Waals surface area contributed by atoms with Crippen molar-refractivity contribution in [1.29, 1.82) is 0 Å². The van der Waals surface area contributed by atoms with E-state index in [-0.39, 0.29) is 6.04 Å². The Morgan fingerprint density at radius 3 is 2.71 bits per heavy atom. The van der Waals surface area contributed by atoms with Crippen LogP contribution in [0.1, 0.15) is 24.1 Å². The van der Waals surface area contributed by atoms with E-state index in [2.05, 4.69) is 0 Å². The molecule has 1 aromatic rings. The van der Waals surface area contributed by atoms with Crippen LogP contribution >= 0.6 is 11.6 Å². The number of aryl methyl sites for hydroxylation is 1. The number of rotatable bonds is 4. The maximum atomic E-state index is 5.77. The molecule has 0 amide bonds. The Hall–Kier alpha value is -0.730. The summed E-state index contributed by atoms with van der Waals surface area (Å²) in [7, 11) is 0. The normalized spacial score (nSPS) is 12.6. The van der Waals surface area contributed by atoms with Gasteiger partial charge in [0.05, 0.1) is 5.88 Å². The number of halogens is 1. The fraction of sp³-hybridized carbons (Fsp3) is 0.455. The van der Waals surface area contributed by atoms with Crippen LogP contribution in [0.3, 0.4) is 0 Å². The monoisotopic (exact) mass is 213 g/mol. The molecule has 14 heavy (non-hydrogen) atoms. The molecule has 1 unspecified atom stereocenters. The third-order valence-electron chi connectivity index (χ3n) is 2.06. The summed E-state index contributed by atoms with van der Waals surface area (Å²) in [6.07, 6.45) is 0. The highest BCUT2D eigenvalue weighted by atomic mass is 35.5. The summed E-state index contributed by atoms with van der Waals surface area (Å²) in [6.45, 7) is 4.52. The SMILES string of the molecule is Cc1cc(C(C)N)ccc1OCCCl. The molecule has 0 aliphatic rings. The smallest absolute Gasteiger partial charge is 0.122 e. The molecule has 0 bridgehead atoms. The van der Waals surface area contributed by atoms with Crippen LogP contribution < -0.4 is 10.5 Å². The van der Waals surface area contributed by atoms with E-state index in [1.165, 1.54) is 0 Å². The Labute approximate surface area is 90.0 Å². The predicted molar refractivity (Wildman–Crippen MR) is 60.0 cm³/mol. The molecule has 0 aromatic heterocycles. The Kier molecular flexibility index (Phi) is 4.23. The molecule has 0 radical (unpaired) electrons. The second-order valence-corrected chi connectivity index (χ2v) is 3.73. The van der Waals surface area contributed by atoms with Gasteiger partial charge in [0.25, 0.3) is 0 Å². The molecular formula is C11H16ClNO. The van der Waals surface area contributed by atoms with E-state index in [1.54, 1.807) is 0 Å². The van der Waals surface area contributed by atoms with Crippen molar-refractivity contribution >= 4 is 11.6 Å². The van der Waals surface area contributed by atoms with Crippen molar-refractivity contribution in [3.63, 3.8) is 0 Å². The van der Waals surface area contributed by atoms with Crippen molar-refractivity contribution in [1.82, 2.24) is 0 Å². The minimum Gasteiger partial charge on any atom is -0.492 e. The Morgan fingerprint density at radius 1 is 1.50 bits per heavy atom. The zero-order valence-corrected chi connectivity index (χ0v) is 9.34. The number of alkyl halides is 1. The lowest BCUT2D eigenvalue weighted by atomic mass is 10.1. The molecule has 1 atom stereocenters. The number of benzene rings is 1. The van der Waals surface area contributed by atoms with Gasteiger partial charge >= 0.3 is 0 Å². The summed E-state index contributed by atoms with van der Waals surface area (Å²) >= 11 is 5.54. The molecule has 0 aliphatic heterocycles. The molecule has 0 saturated carbocycles. The number of ether oxygens (including phenoxy) is 1. The number of nitrogens with two attached hydrogens (primary N) is 1. The average Bonchev–Trinajstić information content (AvgIpc) is 2.15. The van der Waals surface area contributed by atoms with Crippen molar-refractivity contribution in [3.05, 3.63) is 29.3 Å². The van der Waals surface area contributed by atoms with Gasteiger partial charge in [0, 0.05) is 6.04 Å². The van der Waals surface area contributed by atoms with Crippen LogP contribution in [-0.2, 0) is 0 Å². The molecule has 1 rings (SSSR count). The van der Waals surface area contributed by atoms with Crippen LogP contribution in [-0.4, -0.2) is 12.5 Å². The summed E-state index contributed by atoms with van der Waals surface area (Å²) in [6, 6.07) is 6.05.